The summed E-state index contributed by atoms with van der Waals surface area (Å²) in [4.78, 5) is 16.9. The summed E-state index contributed by atoms with van der Waals surface area (Å²) in [5.41, 5.74) is 2.42. The number of hydrogen-bond donors (Lipinski definition) is 0. The van der Waals surface area contributed by atoms with E-state index in [0.717, 1.165) is 5.56 Å². The van der Waals surface area contributed by atoms with E-state index in [0.29, 0.717) is 34.6 Å². The minimum Gasteiger partial charge on any atom is -0.472 e. The lowest BCUT2D eigenvalue weighted by Gasteiger charge is -2.22. The van der Waals surface area contributed by atoms with Crippen LogP contribution in [0.5, 0.6) is 5.88 Å². The van der Waals surface area contributed by atoms with Crippen molar-refractivity contribution in [3.05, 3.63) is 50.2 Å². The van der Waals surface area contributed by atoms with Crippen LogP contribution in [0.15, 0.2) is 38.7 Å². The molecule has 1 fully saturated rings. The van der Waals surface area contributed by atoms with Crippen molar-refractivity contribution in [2.75, 3.05) is 6.26 Å². The van der Waals surface area contributed by atoms with Crippen LogP contribution in [0.3, 0.4) is 0 Å². The van der Waals surface area contributed by atoms with Gasteiger partial charge in [-0.3, -0.25) is 9.36 Å². The van der Waals surface area contributed by atoms with Gasteiger partial charge in [-0.05, 0) is 59.0 Å². The second-order valence-electron chi connectivity index (χ2n) is 6.63. The number of nitrogens with zero attached hydrogens (tertiary/aromatic N) is 2. The Morgan fingerprint density at radius 3 is 2.54 bits per heavy atom. The maximum Gasteiger partial charge on any atom is 0.272 e. The smallest absolute Gasteiger partial charge is 0.272 e. The zero-order chi connectivity index (χ0) is 18.5. The van der Waals surface area contributed by atoms with Crippen molar-refractivity contribution < 1.29 is 4.74 Å². The fourth-order valence-electron chi connectivity index (χ4n) is 3.50. The van der Waals surface area contributed by atoms with E-state index in [2.05, 4.69) is 45.2 Å². The van der Waals surface area contributed by atoms with Crippen LogP contribution in [-0.2, 0) is 13.2 Å². The van der Waals surface area contributed by atoms with Gasteiger partial charge in [-0.2, -0.15) is 4.98 Å². The largest absolute Gasteiger partial charge is 0.472 e. The molecular weight excluding hydrogens is 412 g/mol. The quantitative estimate of drug-likeness (QED) is 0.450. The van der Waals surface area contributed by atoms with Crippen LogP contribution in [-0.4, -0.2) is 15.8 Å². The van der Waals surface area contributed by atoms with E-state index in [1.165, 1.54) is 49.4 Å². The van der Waals surface area contributed by atoms with Gasteiger partial charge in [0.15, 0.2) is 5.16 Å². The molecule has 26 heavy (non-hydrogen) atoms. The Morgan fingerprint density at radius 2 is 1.92 bits per heavy atom. The normalized spacial score (nSPS) is 15.2. The molecule has 0 atom stereocenters. The molecule has 1 aromatic carbocycles. The predicted octanol–water partition coefficient (Wildman–Crippen LogP) is 5.37. The average molecular weight is 437 g/mol. The van der Waals surface area contributed by atoms with Crippen molar-refractivity contribution in [1.29, 1.82) is 0 Å². The topological polar surface area (TPSA) is 44.1 Å². The van der Waals surface area contributed by atoms with Crippen LogP contribution in [0.4, 0.5) is 0 Å². The first-order valence-corrected chi connectivity index (χ1v) is 11.2. The number of hydrogen-bond acceptors (Lipinski definition) is 4. The SMILES string of the molecule is CCn1c(SC)nc(OCc2ccc(C3CCCCC3)cc2)c(Br)c1=O. The van der Waals surface area contributed by atoms with E-state index >= 15 is 0 Å². The highest BCUT2D eigenvalue weighted by molar-refractivity contribution is 9.10. The van der Waals surface area contributed by atoms with Crippen LogP contribution in [0.25, 0.3) is 0 Å². The highest BCUT2D eigenvalue weighted by Gasteiger charge is 2.16. The number of ether oxygens (including phenoxy) is 1. The molecule has 0 amide bonds. The molecule has 0 unspecified atom stereocenters. The molecule has 1 aromatic heterocycles. The summed E-state index contributed by atoms with van der Waals surface area (Å²) >= 11 is 4.79. The van der Waals surface area contributed by atoms with Crippen molar-refractivity contribution in [2.45, 2.75) is 63.3 Å². The summed E-state index contributed by atoms with van der Waals surface area (Å²) < 4.78 is 7.87. The molecule has 0 saturated heterocycles. The maximum absolute atomic E-state index is 12.4. The molecule has 0 N–H and O–H groups in total. The lowest BCUT2D eigenvalue weighted by molar-refractivity contribution is 0.285. The molecule has 1 aliphatic carbocycles. The van der Waals surface area contributed by atoms with Crippen LogP contribution in [0.1, 0.15) is 56.1 Å². The number of halogens is 1. The van der Waals surface area contributed by atoms with Gasteiger partial charge in [0.05, 0.1) is 0 Å². The molecule has 1 heterocycles. The maximum atomic E-state index is 12.4. The molecule has 0 radical (unpaired) electrons. The molecule has 1 saturated carbocycles. The Kier molecular flexibility index (Phi) is 6.81. The summed E-state index contributed by atoms with van der Waals surface area (Å²) in [6, 6.07) is 8.69. The van der Waals surface area contributed by atoms with Gasteiger partial charge in [-0.1, -0.05) is 55.3 Å². The first-order valence-electron chi connectivity index (χ1n) is 9.20. The third kappa shape index (κ3) is 4.34. The molecule has 140 valence electrons. The van der Waals surface area contributed by atoms with Gasteiger partial charge in [0, 0.05) is 6.54 Å². The molecule has 0 aliphatic heterocycles. The third-order valence-corrected chi connectivity index (χ3v) is 6.33. The summed E-state index contributed by atoms with van der Waals surface area (Å²) in [5.74, 6) is 1.07. The standard InChI is InChI=1S/C20H25BrN2O2S/c1-3-23-19(24)17(21)18(22-20(23)26-2)25-13-14-9-11-16(12-10-14)15-7-5-4-6-8-15/h9-12,15H,3-8,13H2,1-2H3. The zero-order valence-electron chi connectivity index (χ0n) is 15.3. The number of aromatic nitrogens is 2. The first-order chi connectivity index (χ1) is 12.6. The van der Waals surface area contributed by atoms with E-state index in [1.807, 2.05) is 13.2 Å². The zero-order valence-corrected chi connectivity index (χ0v) is 17.7. The highest BCUT2D eigenvalue weighted by Crippen LogP contribution is 2.32. The van der Waals surface area contributed by atoms with Crippen molar-refractivity contribution in [3.8, 4) is 5.88 Å². The summed E-state index contributed by atoms with van der Waals surface area (Å²) in [6.07, 6.45) is 8.58. The molecule has 6 heteroatoms. The molecule has 2 aromatic rings. The van der Waals surface area contributed by atoms with Crippen molar-refractivity contribution in [3.63, 3.8) is 0 Å². The van der Waals surface area contributed by atoms with Crippen molar-refractivity contribution in [1.82, 2.24) is 9.55 Å². The fourth-order valence-corrected chi connectivity index (χ4v) is 4.52. The lowest BCUT2D eigenvalue weighted by Crippen LogP contribution is -2.23. The van der Waals surface area contributed by atoms with E-state index in [4.69, 9.17) is 4.74 Å². The van der Waals surface area contributed by atoms with Gasteiger partial charge in [-0.15, -0.1) is 0 Å². The van der Waals surface area contributed by atoms with Gasteiger partial charge in [0.25, 0.3) is 5.56 Å². The van der Waals surface area contributed by atoms with Gasteiger partial charge in [0.2, 0.25) is 5.88 Å². The van der Waals surface area contributed by atoms with Crippen molar-refractivity contribution >= 4 is 27.7 Å². The Bertz CT molecular complexity index is 799. The molecular formula is C20H25BrN2O2S. The average Bonchev–Trinajstić information content (AvgIpc) is 2.70. The van der Waals surface area contributed by atoms with Crippen molar-refractivity contribution in [2.24, 2.45) is 0 Å². The van der Waals surface area contributed by atoms with Crippen LogP contribution < -0.4 is 10.3 Å². The third-order valence-electron chi connectivity index (χ3n) is 4.98. The Morgan fingerprint density at radius 1 is 1.23 bits per heavy atom. The second-order valence-corrected chi connectivity index (χ2v) is 8.20. The number of benzene rings is 1. The summed E-state index contributed by atoms with van der Waals surface area (Å²) in [6.45, 7) is 2.92. The van der Waals surface area contributed by atoms with E-state index in [1.54, 1.807) is 4.57 Å². The van der Waals surface area contributed by atoms with Crippen LogP contribution in [0.2, 0.25) is 0 Å². The molecule has 0 bridgehead atoms. The molecule has 1 aliphatic rings. The van der Waals surface area contributed by atoms with Crippen LogP contribution in [0, 0.1) is 0 Å². The van der Waals surface area contributed by atoms with E-state index in [-0.39, 0.29) is 5.56 Å². The Balaban J connectivity index is 1.71. The second kappa shape index (κ2) is 9.09. The number of rotatable bonds is 6. The van der Waals surface area contributed by atoms with Gasteiger partial charge < -0.3 is 4.74 Å². The van der Waals surface area contributed by atoms with Gasteiger partial charge in [0.1, 0.15) is 11.1 Å². The predicted molar refractivity (Wildman–Crippen MR) is 110 cm³/mol. The molecule has 4 nitrogen and oxygen atoms in total. The van der Waals surface area contributed by atoms with Gasteiger partial charge >= 0.3 is 0 Å². The fraction of sp³-hybridized carbons (Fsp3) is 0.500. The van der Waals surface area contributed by atoms with Crippen LogP contribution >= 0.6 is 27.7 Å². The minimum absolute atomic E-state index is 0.102. The lowest BCUT2D eigenvalue weighted by atomic mass is 9.84. The van der Waals surface area contributed by atoms with Gasteiger partial charge in [-0.25, -0.2) is 0 Å². The Labute approximate surface area is 167 Å². The molecule has 0 spiro atoms. The monoisotopic (exact) mass is 436 g/mol. The minimum atomic E-state index is -0.102. The van der Waals surface area contributed by atoms with E-state index in [9.17, 15) is 4.79 Å². The highest BCUT2D eigenvalue weighted by atomic mass is 79.9. The first kappa shape index (κ1) is 19.5. The number of thioether (sulfide) groups is 1. The summed E-state index contributed by atoms with van der Waals surface area (Å²) in [5, 5.41) is 0.670. The van der Waals surface area contributed by atoms with E-state index < -0.39 is 0 Å². The molecule has 3 rings (SSSR count). The Hall–Kier alpha value is -1.27. The summed E-state index contributed by atoms with van der Waals surface area (Å²) in [7, 11) is 0.